The molecule has 1 amide bonds. The van der Waals surface area contributed by atoms with Gasteiger partial charge in [0, 0.05) is 19.2 Å². The summed E-state index contributed by atoms with van der Waals surface area (Å²) in [7, 11) is 1.67. The van der Waals surface area contributed by atoms with Gasteiger partial charge in [-0.25, -0.2) is 13.5 Å². The minimum atomic E-state index is -0.355. The van der Waals surface area contributed by atoms with Crippen molar-refractivity contribution in [3.63, 3.8) is 0 Å². The Kier molecular flexibility index (Phi) is 5.70. The third kappa shape index (κ3) is 4.62. The molecule has 3 rings (SSSR count). The number of carbonyl (C=O) groups excluding carboxylic acids is 1. The molecule has 0 unspecified atom stereocenters. The Morgan fingerprint density at radius 2 is 1.67 bits per heavy atom. The van der Waals surface area contributed by atoms with Gasteiger partial charge in [-0.15, -0.1) is 10.2 Å². The number of carbonyl (C=O) groups is 1. The number of hydrogen-bond acceptors (Lipinski definition) is 5. The molecular formula is C18H17F2N5OS. The van der Waals surface area contributed by atoms with Crippen molar-refractivity contribution >= 4 is 17.7 Å². The molecule has 2 aromatic carbocycles. The molecule has 0 saturated carbocycles. The Balaban J connectivity index is 1.60. The molecule has 9 heteroatoms. The van der Waals surface area contributed by atoms with Crippen LogP contribution >= 0.6 is 11.8 Å². The summed E-state index contributed by atoms with van der Waals surface area (Å²) in [4.78, 5) is 13.8. The molecule has 0 bridgehead atoms. The molecular weight excluding hydrogens is 372 g/mol. The molecule has 0 aliphatic carbocycles. The third-order valence-electron chi connectivity index (χ3n) is 3.85. The predicted molar refractivity (Wildman–Crippen MR) is 99.2 cm³/mol. The Morgan fingerprint density at radius 3 is 2.30 bits per heavy atom. The highest BCUT2D eigenvalue weighted by Gasteiger charge is 2.16. The van der Waals surface area contributed by atoms with Crippen LogP contribution in [0.1, 0.15) is 5.56 Å². The van der Waals surface area contributed by atoms with Crippen molar-refractivity contribution < 1.29 is 13.6 Å². The van der Waals surface area contributed by atoms with E-state index < -0.39 is 0 Å². The maximum Gasteiger partial charge on any atom is 0.233 e. The lowest BCUT2D eigenvalue weighted by Gasteiger charge is -2.16. The van der Waals surface area contributed by atoms with Gasteiger partial charge < -0.3 is 10.7 Å². The van der Waals surface area contributed by atoms with Crippen molar-refractivity contribution in [2.24, 2.45) is 0 Å². The fourth-order valence-corrected chi connectivity index (χ4v) is 3.16. The average Bonchev–Trinajstić information content (AvgIpc) is 3.03. The first-order valence-corrected chi connectivity index (χ1v) is 9.00. The van der Waals surface area contributed by atoms with Gasteiger partial charge in [-0.3, -0.25) is 4.79 Å². The van der Waals surface area contributed by atoms with Crippen LogP contribution in [0.15, 0.2) is 53.7 Å². The summed E-state index contributed by atoms with van der Waals surface area (Å²) in [6.07, 6.45) is 0. The highest BCUT2D eigenvalue weighted by molar-refractivity contribution is 7.99. The molecule has 140 valence electrons. The summed E-state index contributed by atoms with van der Waals surface area (Å²) in [5.74, 6) is 5.69. The van der Waals surface area contributed by atoms with E-state index in [1.165, 1.54) is 28.9 Å². The number of rotatable bonds is 6. The molecule has 0 fully saturated rings. The van der Waals surface area contributed by atoms with Crippen LogP contribution in [0.25, 0.3) is 11.4 Å². The zero-order valence-corrected chi connectivity index (χ0v) is 15.3. The van der Waals surface area contributed by atoms with Crippen LogP contribution in [0.2, 0.25) is 0 Å². The fraction of sp³-hybridized carbons (Fsp3) is 0.167. The number of aromatic nitrogens is 3. The van der Waals surface area contributed by atoms with Gasteiger partial charge in [-0.1, -0.05) is 23.9 Å². The normalized spacial score (nSPS) is 10.8. The SMILES string of the molecule is CN(Cc1ccc(F)cc1)C(=O)CSc1nnc(-c2ccc(F)cc2)n1N. The number of nitrogen functional groups attached to an aromatic ring is 1. The first-order chi connectivity index (χ1) is 12.9. The summed E-state index contributed by atoms with van der Waals surface area (Å²) < 4.78 is 27.2. The van der Waals surface area contributed by atoms with E-state index in [0.717, 1.165) is 17.3 Å². The van der Waals surface area contributed by atoms with E-state index in [1.54, 1.807) is 36.2 Å². The molecule has 0 atom stereocenters. The van der Waals surface area contributed by atoms with Crippen LogP contribution in [0, 0.1) is 11.6 Å². The Morgan fingerprint density at radius 1 is 1.07 bits per heavy atom. The number of nitrogens with two attached hydrogens (primary N) is 1. The Bertz CT molecular complexity index is 928. The molecule has 1 heterocycles. The Labute approximate surface area is 159 Å². The minimum absolute atomic E-state index is 0.121. The topological polar surface area (TPSA) is 77.0 Å². The molecule has 0 radical (unpaired) electrons. The quantitative estimate of drug-likeness (QED) is 0.518. The van der Waals surface area contributed by atoms with Gasteiger partial charge in [0.25, 0.3) is 0 Å². The van der Waals surface area contributed by atoms with Gasteiger partial charge in [0.2, 0.25) is 11.1 Å². The fourth-order valence-electron chi connectivity index (χ4n) is 2.36. The van der Waals surface area contributed by atoms with E-state index >= 15 is 0 Å². The number of halogens is 2. The largest absolute Gasteiger partial charge is 0.341 e. The second kappa shape index (κ2) is 8.17. The van der Waals surface area contributed by atoms with E-state index in [9.17, 15) is 13.6 Å². The van der Waals surface area contributed by atoms with E-state index in [2.05, 4.69) is 10.2 Å². The van der Waals surface area contributed by atoms with Crippen molar-refractivity contribution in [1.82, 2.24) is 19.8 Å². The van der Waals surface area contributed by atoms with Crippen LogP contribution in [-0.2, 0) is 11.3 Å². The number of amides is 1. The van der Waals surface area contributed by atoms with Crippen LogP contribution in [0.5, 0.6) is 0 Å². The minimum Gasteiger partial charge on any atom is -0.341 e. The first kappa shape index (κ1) is 18.8. The van der Waals surface area contributed by atoms with Gasteiger partial charge in [-0.05, 0) is 42.0 Å². The highest BCUT2D eigenvalue weighted by Crippen LogP contribution is 2.22. The van der Waals surface area contributed by atoms with Gasteiger partial charge in [0.15, 0.2) is 5.82 Å². The zero-order valence-electron chi connectivity index (χ0n) is 14.5. The smallest absolute Gasteiger partial charge is 0.233 e. The molecule has 2 N–H and O–H groups in total. The molecule has 27 heavy (non-hydrogen) atoms. The summed E-state index contributed by atoms with van der Waals surface area (Å²) in [5, 5.41) is 8.36. The summed E-state index contributed by atoms with van der Waals surface area (Å²) in [5.41, 5.74) is 1.45. The third-order valence-corrected chi connectivity index (χ3v) is 4.78. The number of nitrogens with zero attached hydrogens (tertiary/aromatic N) is 4. The van der Waals surface area contributed by atoms with Crippen molar-refractivity contribution in [2.45, 2.75) is 11.7 Å². The van der Waals surface area contributed by atoms with Crippen molar-refractivity contribution in [3.8, 4) is 11.4 Å². The Hall–Kier alpha value is -2.94. The van der Waals surface area contributed by atoms with Gasteiger partial charge in [0.05, 0.1) is 5.75 Å². The molecule has 0 saturated heterocycles. The van der Waals surface area contributed by atoms with E-state index in [1.807, 2.05) is 0 Å². The van der Waals surface area contributed by atoms with Crippen LogP contribution in [0.4, 0.5) is 8.78 Å². The number of hydrogen-bond donors (Lipinski definition) is 1. The van der Waals surface area contributed by atoms with Crippen molar-refractivity contribution in [3.05, 3.63) is 65.7 Å². The lowest BCUT2D eigenvalue weighted by Crippen LogP contribution is -2.28. The van der Waals surface area contributed by atoms with E-state index in [4.69, 9.17) is 5.84 Å². The zero-order chi connectivity index (χ0) is 19.4. The maximum atomic E-state index is 13.0. The molecule has 6 nitrogen and oxygen atoms in total. The molecule has 1 aromatic heterocycles. The lowest BCUT2D eigenvalue weighted by atomic mass is 10.2. The monoisotopic (exact) mass is 389 g/mol. The maximum absolute atomic E-state index is 13.0. The average molecular weight is 389 g/mol. The second-order valence-electron chi connectivity index (χ2n) is 5.85. The van der Waals surface area contributed by atoms with Crippen LogP contribution in [-0.4, -0.2) is 38.5 Å². The number of benzene rings is 2. The van der Waals surface area contributed by atoms with Crippen LogP contribution in [0.3, 0.4) is 0 Å². The van der Waals surface area contributed by atoms with Crippen LogP contribution < -0.4 is 5.84 Å². The standard InChI is InChI=1S/C18H17F2N5OS/c1-24(10-12-2-6-14(19)7-3-12)16(26)11-27-18-23-22-17(25(18)21)13-4-8-15(20)9-5-13/h2-9H,10-11,21H2,1H3. The first-order valence-electron chi connectivity index (χ1n) is 8.01. The lowest BCUT2D eigenvalue weighted by molar-refractivity contribution is -0.127. The van der Waals surface area contributed by atoms with E-state index in [0.29, 0.717) is 23.1 Å². The van der Waals surface area contributed by atoms with Gasteiger partial charge >= 0.3 is 0 Å². The molecule has 0 spiro atoms. The molecule has 0 aliphatic heterocycles. The molecule has 3 aromatic rings. The summed E-state index contributed by atoms with van der Waals surface area (Å²) in [6, 6.07) is 11.7. The molecule has 0 aliphatic rings. The highest BCUT2D eigenvalue weighted by atomic mass is 32.2. The van der Waals surface area contributed by atoms with Gasteiger partial charge in [-0.2, -0.15) is 0 Å². The van der Waals surface area contributed by atoms with Crippen molar-refractivity contribution in [1.29, 1.82) is 0 Å². The van der Waals surface area contributed by atoms with E-state index in [-0.39, 0.29) is 23.3 Å². The summed E-state index contributed by atoms with van der Waals surface area (Å²) >= 11 is 1.15. The summed E-state index contributed by atoms with van der Waals surface area (Å²) in [6.45, 7) is 0.371. The van der Waals surface area contributed by atoms with Crippen molar-refractivity contribution in [2.75, 3.05) is 18.6 Å². The number of thioether (sulfide) groups is 1. The van der Waals surface area contributed by atoms with Gasteiger partial charge in [0.1, 0.15) is 11.6 Å². The predicted octanol–water partition coefficient (Wildman–Crippen LogP) is 2.69. The second-order valence-corrected chi connectivity index (χ2v) is 6.79.